The molecule has 8 nitrogen and oxygen atoms in total. The molecule has 0 aliphatic carbocycles. The predicted octanol–water partition coefficient (Wildman–Crippen LogP) is 4.37. The summed E-state index contributed by atoms with van der Waals surface area (Å²) < 4.78 is 20.5. The molecule has 11 heteroatoms. The normalized spacial score (nSPS) is 17.2. The Morgan fingerprint density at radius 1 is 1.23 bits per heavy atom. The number of hydrogen-bond acceptors (Lipinski definition) is 8. The summed E-state index contributed by atoms with van der Waals surface area (Å²) in [6.07, 6.45) is 2.84. The van der Waals surface area contributed by atoms with E-state index in [1.165, 1.54) is 17.0 Å². The number of thiocarbonyl (C=S) groups is 1. The molecular weight excluding hydrogens is 539 g/mol. The number of nitrogens with zero attached hydrogens (tertiary/aromatic N) is 4. The second-order valence-corrected chi connectivity index (χ2v) is 11.0. The Bertz CT molecular complexity index is 1440. The number of piperidine rings is 1. The van der Waals surface area contributed by atoms with Crippen molar-refractivity contribution in [2.75, 3.05) is 24.6 Å². The quantitative estimate of drug-likeness (QED) is 0.276. The highest BCUT2D eigenvalue weighted by Gasteiger charge is 2.34. The first-order valence-electron chi connectivity index (χ1n) is 12.8. The zero-order valence-electron chi connectivity index (χ0n) is 22.0. The minimum absolute atomic E-state index is 0.0232. The van der Waals surface area contributed by atoms with E-state index < -0.39 is 0 Å². The number of hydrogen-bond donors (Lipinski definition) is 0. The fraction of sp³-hybridized carbons (Fsp3) is 0.393. The molecule has 2 saturated heterocycles. The first kappa shape index (κ1) is 28.5. The van der Waals surface area contributed by atoms with Crippen molar-refractivity contribution in [1.82, 2.24) is 9.47 Å². The van der Waals surface area contributed by atoms with Crippen molar-refractivity contribution in [3.05, 3.63) is 67.6 Å². The summed E-state index contributed by atoms with van der Waals surface area (Å²) in [4.78, 5) is 42.8. The average Bonchev–Trinajstić information content (AvgIpc) is 3.19. The van der Waals surface area contributed by atoms with Gasteiger partial charge in [-0.15, -0.1) is 0 Å². The van der Waals surface area contributed by atoms with E-state index in [0.29, 0.717) is 65.3 Å². The average molecular weight is 569 g/mol. The molecule has 1 aromatic carbocycles. The lowest BCUT2D eigenvalue weighted by Crippen LogP contribution is -2.41. The van der Waals surface area contributed by atoms with Crippen molar-refractivity contribution >= 4 is 52.1 Å². The van der Waals surface area contributed by atoms with Gasteiger partial charge in [-0.05, 0) is 62.9 Å². The van der Waals surface area contributed by atoms with E-state index in [0.717, 1.165) is 17.3 Å². The second kappa shape index (κ2) is 12.1. The number of carbonyl (C=O) groups excluding carboxylic acids is 2. The topological polar surface area (TPSA) is 95.6 Å². The fourth-order valence-electron chi connectivity index (χ4n) is 4.91. The largest absolute Gasteiger partial charge is 0.466 e. The van der Waals surface area contributed by atoms with E-state index in [4.69, 9.17) is 17.0 Å². The zero-order valence-corrected chi connectivity index (χ0v) is 23.7. The highest BCUT2D eigenvalue weighted by Crippen LogP contribution is 2.37. The lowest BCUT2D eigenvalue weighted by molar-refractivity contribution is -0.148. The van der Waals surface area contributed by atoms with Crippen LogP contribution in [0.1, 0.15) is 48.9 Å². The lowest BCUT2D eigenvalue weighted by Gasteiger charge is -2.35. The van der Waals surface area contributed by atoms with Crippen LogP contribution in [-0.4, -0.2) is 45.4 Å². The van der Waals surface area contributed by atoms with E-state index in [9.17, 15) is 24.0 Å². The van der Waals surface area contributed by atoms with Crippen LogP contribution < -0.4 is 10.5 Å². The zero-order chi connectivity index (χ0) is 28.3. The Morgan fingerprint density at radius 2 is 1.90 bits per heavy atom. The molecule has 1 amide bonds. The second-order valence-electron chi connectivity index (χ2n) is 9.31. The standard InChI is InChI=1S/C28H29FN4O4S2/c1-4-32-24(31-12-10-19(11-13-31)27(36)37-5-2)21(17(3)22(15-30)25(32)34)14-23-26(35)33(28(38)39-23)16-18-6-8-20(29)9-7-18/h6-9,14,19H,4-5,10-13,16H2,1-3H3/b23-14-. The van der Waals surface area contributed by atoms with Gasteiger partial charge in [-0.1, -0.05) is 36.1 Å². The van der Waals surface area contributed by atoms with E-state index in [1.807, 2.05) is 17.9 Å². The fourth-order valence-corrected chi connectivity index (χ4v) is 6.14. The maximum atomic E-state index is 13.4. The number of esters is 1. The Balaban J connectivity index is 1.73. The van der Waals surface area contributed by atoms with Crippen molar-refractivity contribution in [3.8, 4) is 6.07 Å². The summed E-state index contributed by atoms with van der Waals surface area (Å²) in [6.45, 7) is 7.20. The molecule has 204 valence electrons. The van der Waals surface area contributed by atoms with Crippen LogP contribution in [0.4, 0.5) is 10.2 Å². The molecule has 3 heterocycles. The molecule has 0 atom stereocenters. The lowest BCUT2D eigenvalue weighted by atomic mass is 9.95. The number of aromatic nitrogens is 1. The van der Waals surface area contributed by atoms with Gasteiger partial charge in [0.05, 0.1) is 24.0 Å². The van der Waals surface area contributed by atoms with Crippen LogP contribution in [0.15, 0.2) is 34.0 Å². The number of ether oxygens (including phenoxy) is 1. The molecule has 2 fully saturated rings. The minimum atomic E-state index is -0.388. The molecule has 0 spiro atoms. The predicted molar refractivity (Wildman–Crippen MR) is 153 cm³/mol. The van der Waals surface area contributed by atoms with E-state index in [-0.39, 0.29) is 41.3 Å². The molecule has 2 aliphatic rings. The first-order chi connectivity index (χ1) is 18.7. The smallest absolute Gasteiger partial charge is 0.309 e. The molecule has 2 aliphatic heterocycles. The van der Waals surface area contributed by atoms with Gasteiger partial charge in [-0.2, -0.15) is 5.26 Å². The third-order valence-electron chi connectivity index (χ3n) is 6.98. The van der Waals surface area contributed by atoms with Gasteiger partial charge in [0.25, 0.3) is 11.5 Å². The molecule has 0 saturated carbocycles. The summed E-state index contributed by atoms with van der Waals surface area (Å²) in [6, 6.07) is 7.92. The van der Waals surface area contributed by atoms with Crippen molar-refractivity contribution in [2.45, 2.75) is 46.7 Å². The van der Waals surface area contributed by atoms with Crippen LogP contribution in [0.2, 0.25) is 0 Å². The number of pyridine rings is 1. The molecule has 0 radical (unpaired) electrons. The molecule has 0 bridgehead atoms. The SMILES string of the molecule is CCOC(=O)C1CCN(c2c(/C=C3\SC(=S)N(Cc4ccc(F)cc4)C3=O)c(C)c(C#N)c(=O)n2CC)CC1. The van der Waals surface area contributed by atoms with Crippen molar-refractivity contribution in [3.63, 3.8) is 0 Å². The number of benzene rings is 1. The maximum absolute atomic E-state index is 13.4. The highest BCUT2D eigenvalue weighted by atomic mass is 32.2. The maximum Gasteiger partial charge on any atom is 0.309 e. The molecule has 2 aromatic rings. The molecule has 0 unspecified atom stereocenters. The Labute approximate surface area is 236 Å². The third kappa shape index (κ3) is 5.77. The Morgan fingerprint density at radius 3 is 2.49 bits per heavy atom. The van der Waals surface area contributed by atoms with E-state index >= 15 is 0 Å². The van der Waals surface area contributed by atoms with Gasteiger partial charge in [0.15, 0.2) is 0 Å². The van der Waals surface area contributed by atoms with Crippen LogP contribution in [0, 0.1) is 30.0 Å². The highest BCUT2D eigenvalue weighted by molar-refractivity contribution is 8.26. The number of anilines is 1. The minimum Gasteiger partial charge on any atom is -0.466 e. The number of rotatable bonds is 7. The van der Waals surface area contributed by atoms with Crippen LogP contribution in [0.3, 0.4) is 0 Å². The van der Waals surface area contributed by atoms with Gasteiger partial charge < -0.3 is 9.64 Å². The van der Waals surface area contributed by atoms with Gasteiger partial charge in [0.2, 0.25) is 0 Å². The van der Waals surface area contributed by atoms with Gasteiger partial charge in [-0.3, -0.25) is 23.9 Å². The van der Waals surface area contributed by atoms with Gasteiger partial charge in [0, 0.05) is 25.2 Å². The summed E-state index contributed by atoms with van der Waals surface area (Å²) in [5.41, 5.74) is 1.46. The van der Waals surface area contributed by atoms with Crippen molar-refractivity contribution in [1.29, 1.82) is 5.26 Å². The molecular formula is C28H29FN4O4S2. The Hall–Kier alpha value is -3.49. The molecule has 0 N–H and O–H groups in total. The van der Waals surface area contributed by atoms with Gasteiger partial charge in [0.1, 0.15) is 27.6 Å². The third-order valence-corrected chi connectivity index (χ3v) is 8.36. The summed E-state index contributed by atoms with van der Waals surface area (Å²) in [5.74, 6) is -0.476. The Kier molecular flexibility index (Phi) is 8.87. The van der Waals surface area contributed by atoms with Crippen LogP contribution in [0.5, 0.6) is 0 Å². The van der Waals surface area contributed by atoms with Crippen LogP contribution >= 0.6 is 24.0 Å². The number of carbonyl (C=O) groups is 2. The first-order valence-corrected chi connectivity index (χ1v) is 14.0. The van der Waals surface area contributed by atoms with Crippen LogP contribution in [-0.2, 0) is 27.4 Å². The van der Waals surface area contributed by atoms with E-state index in [2.05, 4.69) is 0 Å². The number of nitriles is 1. The molecule has 39 heavy (non-hydrogen) atoms. The number of thioether (sulfide) groups is 1. The monoisotopic (exact) mass is 568 g/mol. The summed E-state index contributed by atoms with van der Waals surface area (Å²) in [5, 5.41) is 9.79. The van der Waals surface area contributed by atoms with E-state index in [1.54, 1.807) is 36.6 Å². The summed E-state index contributed by atoms with van der Waals surface area (Å²) >= 11 is 6.64. The van der Waals surface area contributed by atoms with Gasteiger partial charge >= 0.3 is 5.97 Å². The van der Waals surface area contributed by atoms with Crippen molar-refractivity contribution < 1.29 is 18.7 Å². The van der Waals surface area contributed by atoms with Crippen LogP contribution in [0.25, 0.3) is 6.08 Å². The molecule has 1 aromatic heterocycles. The number of halogens is 1. The van der Waals surface area contributed by atoms with Crippen molar-refractivity contribution in [2.24, 2.45) is 5.92 Å². The summed E-state index contributed by atoms with van der Waals surface area (Å²) in [7, 11) is 0. The molecule has 4 rings (SSSR count). The van der Waals surface area contributed by atoms with Gasteiger partial charge in [-0.25, -0.2) is 4.39 Å². The number of amides is 1.